The van der Waals surface area contributed by atoms with Gasteiger partial charge >= 0.3 is 0 Å². The average Bonchev–Trinajstić information content (AvgIpc) is 2.48. The summed E-state index contributed by atoms with van der Waals surface area (Å²) in [6, 6.07) is 11.1. The topological polar surface area (TPSA) is 21.3 Å². The number of nitrogens with one attached hydrogen (secondary N) is 1. The SMILES string of the molecule is CCNC(c1ccc(Br)c(F)c1)c1cc(C)ccc1OC. The molecule has 0 saturated heterocycles. The second-order valence-electron chi connectivity index (χ2n) is 4.91. The maximum absolute atomic E-state index is 13.9. The smallest absolute Gasteiger partial charge is 0.137 e. The largest absolute Gasteiger partial charge is 0.496 e. The van der Waals surface area contributed by atoms with E-state index in [-0.39, 0.29) is 11.9 Å². The number of halogens is 2. The van der Waals surface area contributed by atoms with Gasteiger partial charge in [-0.1, -0.05) is 30.7 Å². The molecule has 112 valence electrons. The van der Waals surface area contributed by atoms with E-state index in [9.17, 15) is 4.39 Å². The molecule has 0 fully saturated rings. The van der Waals surface area contributed by atoms with Crippen molar-refractivity contribution in [2.45, 2.75) is 19.9 Å². The summed E-state index contributed by atoms with van der Waals surface area (Å²) in [4.78, 5) is 0. The minimum absolute atomic E-state index is 0.104. The van der Waals surface area contributed by atoms with Gasteiger partial charge in [-0.15, -0.1) is 0 Å². The molecule has 0 aliphatic rings. The Morgan fingerprint density at radius 3 is 2.62 bits per heavy atom. The predicted octanol–water partition coefficient (Wildman–Crippen LogP) is 4.60. The van der Waals surface area contributed by atoms with Gasteiger partial charge in [0.15, 0.2) is 0 Å². The van der Waals surface area contributed by atoms with Crippen LogP contribution < -0.4 is 10.1 Å². The van der Waals surface area contributed by atoms with E-state index in [0.717, 1.165) is 29.0 Å². The van der Waals surface area contributed by atoms with E-state index < -0.39 is 0 Å². The zero-order valence-corrected chi connectivity index (χ0v) is 14.0. The summed E-state index contributed by atoms with van der Waals surface area (Å²) in [7, 11) is 1.65. The van der Waals surface area contributed by atoms with Crippen molar-refractivity contribution in [1.29, 1.82) is 0 Å². The Bertz CT molecular complexity index is 630. The van der Waals surface area contributed by atoms with E-state index in [1.807, 2.05) is 32.0 Å². The Kier molecular flexibility index (Phi) is 5.37. The molecule has 1 unspecified atom stereocenters. The minimum Gasteiger partial charge on any atom is -0.496 e. The number of ether oxygens (including phenoxy) is 1. The molecule has 0 radical (unpaired) electrons. The van der Waals surface area contributed by atoms with Crippen LogP contribution in [-0.4, -0.2) is 13.7 Å². The first-order valence-corrected chi connectivity index (χ1v) is 7.69. The normalized spacial score (nSPS) is 12.2. The van der Waals surface area contributed by atoms with Gasteiger partial charge in [0.25, 0.3) is 0 Å². The average molecular weight is 352 g/mol. The molecule has 1 atom stereocenters. The standard InChI is InChI=1S/C17H19BrFNO/c1-4-20-17(12-6-7-14(18)15(19)10-12)13-9-11(2)5-8-16(13)21-3/h5-10,17,20H,4H2,1-3H3. The molecule has 0 bridgehead atoms. The lowest BCUT2D eigenvalue weighted by Crippen LogP contribution is -2.22. The molecule has 1 N–H and O–H groups in total. The maximum atomic E-state index is 13.9. The third-order valence-electron chi connectivity index (χ3n) is 3.38. The van der Waals surface area contributed by atoms with Crippen LogP contribution in [-0.2, 0) is 0 Å². The second-order valence-corrected chi connectivity index (χ2v) is 5.76. The third-order valence-corrected chi connectivity index (χ3v) is 4.02. The third kappa shape index (κ3) is 3.63. The fraction of sp³-hybridized carbons (Fsp3) is 0.294. The fourth-order valence-corrected chi connectivity index (χ4v) is 2.63. The van der Waals surface area contributed by atoms with Crippen LogP contribution in [0.4, 0.5) is 4.39 Å². The maximum Gasteiger partial charge on any atom is 0.137 e. The second kappa shape index (κ2) is 7.05. The van der Waals surface area contributed by atoms with Crippen molar-refractivity contribution < 1.29 is 9.13 Å². The van der Waals surface area contributed by atoms with Crippen molar-refractivity contribution in [2.24, 2.45) is 0 Å². The van der Waals surface area contributed by atoms with Crippen LogP contribution in [0.5, 0.6) is 5.75 Å². The van der Waals surface area contributed by atoms with Gasteiger partial charge in [-0.25, -0.2) is 4.39 Å². The molecule has 2 nitrogen and oxygen atoms in total. The van der Waals surface area contributed by atoms with E-state index >= 15 is 0 Å². The van der Waals surface area contributed by atoms with Crippen LogP contribution in [0.15, 0.2) is 40.9 Å². The Hall–Kier alpha value is -1.39. The van der Waals surface area contributed by atoms with Crippen molar-refractivity contribution in [3.8, 4) is 5.75 Å². The molecule has 0 heterocycles. The molecule has 0 aromatic heterocycles. The van der Waals surface area contributed by atoms with Gasteiger partial charge < -0.3 is 10.1 Å². The lowest BCUT2D eigenvalue weighted by atomic mass is 9.96. The Balaban J connectivity index is 2.52. The lowest BCUT2D eigenvalue weighted by molar-refractivity contribution is 0.404. The van der Waals surface area contributed by atoms with Gasteiger partial charge in [-0.05, 0) is 53.2 Å². The van der Waals surface area contributed by atoms with Crippen molar-refractivity contribution in [3.05, 3.63) is 63.4 Å². The number of benzene rings is 2. The number of rotatable bonds is 5. The van der Waals surface area contributed by atoms with Crippen LogP contribution in [0.3, 0.4) is 0 Å². The molecular weight excluding hydrogens is 333 g/mol. The molecule has 0 amide bonds. The van der Waals surface area contributed by atoms with Crippen LogP contribution in [0, 0.1) is 12.7 Å². The van der Waals surface area contributed by atoms with Gasteiger partial charge in [-0.2, -0.15) is 0 Å². The first-order valence-electron chi connectivity index (χ1n) is 6.89. The first-order chi connectivity index (χ1) is 10.1. The van der Waals surface area contributed by atoms with Crippen molar-refractivity contribution in [3.63, 3.8) is 0 Å². The van der Waals surface area contributed by atoms with E-state index in [0.29, 0.717) is 4.47 Å². The van der Waals surface area contributed by atoms with E-state index in [1.54, 1.807) is 19.2 Å². The highest BCUT2D eigenvalue weighted by Crippen LogP contribution is 2.32. The monoisotopic (exact) mass is 351 g/mol. The van der Waals surface area contributed by atoms with Gasteiger partial charge in [0.05, 0.1) is 17.6 Å². The zero-order chi connectivity index (χ0) is 15.4. The Morgan fingerprint density at radius 1 is 1.24 bits per heavy atom. The highest BCUT2D eigenvalue weighted by Gasteiger charge is 2.18. The molecular formula is C17H19BrFNO. The molecule has 4 heteroatoms. The highest BCUT2D eigenvalue weighted by atomic mass is 79.9. The van der Waals surface area contributed by atoms with E-state index in [4.69, 9.17) is 4.74 Å². The summed E-state index contributed by atoms with van der Waals surface area (Å²) in [5.41, 5.74) is 3.04. The van der Waals surface area contributed by atoms with E-state index in [1.165, 1.54) is 0 Å². The molecule has 2 aromatic carbocycles. The molecule has 0 saturated carbocycles. The van der Waals surface area contributed by atoms with Crippen molar-refractivity contribution in [1.82, 2.24) is 5.32 Å². The van der Waals surface area contributed by atoms with Gasteiger partial charge in [0.1, 0.15) is 11.6 Å². The molecule has 0 aliphatic heterocycles. The summed E-state index contributed by atoms with van der Waals surface area (Å²) < 4.78 is 19.8. The number of hydrogen-bond donors (Lipinski definition) is 1. The molecule has 0 aliphatic carbocycles. The van der Waals surface area contributed by atoms with Crippen LogP contribution in [0.1, 0.15) is 29.7 Å². The summed E-state index contributed by atoms with van der Waals surface area (Å²) in [6.07, 6.45) is 0. The predicted molar refractivity (Wildman–Crippen MR) is 87.4 cm³/mol. The summed E-state index contributed by atoms with van der Waals surface area (Å²) in [6.45, 7) is 4.85. The lowest BCUT2D eigenvalue weighted by Gasteiger charge is -2.22. The molecule has 21 heavy (non-hydrogen) atoms. The van der Waals surface area contributed by atoms with Crippen molar-refractivity contribution in [2.75, 3.05) is 13.7 Å². The molecule has 2 rings (SSSR count). The van der Waals surface area contributed by atoms with Gasteiger partial charge in [0.2, 0.25) is 0 Å². The van der Waals surface area contributed by atoms with Gasteiger partial charge in [0, 0.05) is 5.56 Å². The summed E-state index contributed by atoms with van der Waals surface area (Å²) >= 11 is 3.19. The molecule has 0 spiro atoms. The Labute approximate surface area is 133 Å². The van der Waals surface area contributed by atoms with Crippen molar-refractivity contribution >= 4 is 15.9 Å². The number of aryl methyl sites for hydroxylation is 1. The zero-order valence-electron chi connectivity index (χ0n) is 12.4. The minimum atomic E-state index is -0.262. The highest BCUT2D eigenvalue weighted by molar-refractivity contribution is 9.10. The fourth-order valence-electron chi connectivity index (χ4n) is 2.38. The number of methoxy groups -OCH3 is 1. The summed E-state index contributed by atoms with van der Waals surface area (Å²) in [5, 5.41) is 3.40. The van der Waals surface area contributed by atoms with Crippen LogP contribution >= 0.6 is 15.9 Å². The van der Waals surface area contributed by atoms with E-state index in [2.05, 4.69) is 27.3 Å². The summed E-state index contributed by atoms with van der Waals surface area (Å²) in [5.74, 6) is 0.539. The van der Waals surface area contributed by atoms with Gasteiger partial charge in [-0.3, -0.25) is 0 Å². The first kappa shape index (κ1) is 16.0. The molecule has 2 aromatic rings. The quantitative estimate of drug-likeness (QED) is 0.849. The van der Waals surface area contributed by atoms with Crippen LogP contribution in [0.2, 0.25) is 0 Å². The Morgan fingerprint density at radius 2 is 2.00 bits per heavy atom. The van der Waals surface area contributed by atoms with Crippen LogP contribution in [0.25, 0.3) is 0 Å². The number of hydrogen-bond acceptors (Lipinski definition) is 2.